The average Bonchev–Trinajstić information content (AvgIpc) is 2.56. The maximum absolute atomic E-state index is 12.1. The molecule has 0 aromatic heterocycles. The van der Waals surface area contributed by atoms with E-state index in [2.05, 4.69) is 26.5 Å². The first-order valence-corrected chi connectivity index (χ1v) is 8.73. The fraction of sp³-hybridized carbons (Fsp3) is 0.222. The molecule has 0 saturated carbocycles. The Balaban J connectivity index is 2.15. The molecule has 2 aromatic rings. The van der Waals surface area contributed by atoms with Gasteiger partial charge < -0.3 is 9.47 Å². The van der Waals surface area contributed by atoms with E-state index in [1.54, 1.807) is 31.4 Å². The van der Waals surface area contributed by atoms with Gasteiger partial charge in [0.2, 0.25) is 0 Å². The van der Waals surface area contributed by atoms with Crippen LogP contribution in [0.2, 0.25) is 5.02 Å². The van der Waals surface area contributed by atoms with E-state index >= 15 is 0 Å². The molecular formula is C18H18BrClN2O3. The quantitative estimate of drug-likeness (QED) is 0.544. The van der Waals surface area contributed by atoms with Crippen molar-refractivity contribution < 1.29 is 14.3 Å². The largest absolute Gasteiger partial charge is 0.493 e. The van der Waals surface area contributed by atoms with Crippen molar-refractivity contribution in [1.29, 1.82) is 0 Å². The van der Waals surface area contributed by atoms with Gasteiger partial charge in [0, 0.05) is 10.0 Å². The van der Waals surface area contributed by atoms with Crippen molar-refractivity contribution >= 4 is 39.7 Å². The predicted octanol–water partition coefficient (Wildman–Crippen LogP) is 4.58. The predicted molar refractivity (Wildman–Crippen MR) is 103 cm³/mol. The highest BCUT2D eigenvalue weighted by molar-refractivity contribution is 9.10. The molecule has 0 bridgehead atoms. The van der Waals surface area contributed by atoms with Gasteiger partial charge in [-0.05, 0) is 59.6 Å². The highest BCUT2D eigenvalue weighted by Gasteiger charge is 2.11. The Kier molecular flexibility index (Phi) is 6.84. The summed E-state index contributed by atoms with van der Waals surface area (Å²) in [6.07, 6.45) is 1.52. The molecule has 0 saturated heterocycles. The Hall–Kier alpha value is -2.05. The Labute approximate surface area is 160 Å². The Bertz CT molecular complexity index is 809. The first-order chi connectivity index (χ1) is 12.0. The van der Waals surface area contributed by atoms with Gasteiger partial charge >= 0.3 is 0 Å². The molecule has 2 aromatic carbocycles. The summed E-state index contributed by atoms with van der Waals surface area (Å²) < 4.78 is 11.6. The third-order valence-corrected chi connectivity index (χ3v) is 4.32. The first-order valence-electron chi connectivity index (χ1n) is 7.56. The Morgan fingerprint density at radius 2 is 2.08 bits per heavy atom. The minimum absolute atomic E-state index is 0.368. The molecule has 0 aliphatic heterocycles. The fourth-order valence-electron chi connectivity index (χ4n) is 2.10. The van der Waals surface area contributed by atoms with Crippen LogP contribution in [-0.2, 0) is 0 Å². The van der Waals surface area contributed by atoms with Crippen molar-refractivity contribution in [3.63, 3.8) is 0 Å². The second-order valence-corrected chi connectivity index (χ2v) is 6.40. The summed E-state index contributed by atoms with van der Waals surface area (Å²) in [4.78, 5) is 12.1. The molecule has 0 aliphatic carbocycles. The van der Waals surface area contributed by atoms with Crippen LogP contribution in [0.4, 0.5) is 0 Å². The Morgan fingerprint density at radius 1 is 1.32 bits per heavy atom. The average molecular weight is 426 g/mol. The summed E-state index contributed by atoms with van der Waals surface area (Å²) in [6.45, 7) is 4.33. The summed E-state index contributed by atoms with van der Waals surface area (Å²) >= 11 is 9.53. The monoisotopic (exact) mass is 424 g/mol. The Morgan fingerprint density at radius 3 is 2.72 bits per heavy atom. The summed E-state index contributed by atoms with van der Waals surface area (Å²) in [5.74, 6) is 0.833. The van der Waals surface area contributed by atoms with Gasteiger partial charge in [0.1, 0.15) is 0 Å². The number of ether oxygens (including phenoxy) is 2. The minimum Gasteiger partial charge on any atom is -0.493 e. The number of amides is 1. The van der Waals surface area contributed by atoms with E-state index in [4.69, 9.17) is 21.1 Å². The molecule has 0 fully saturated rings. The zero-order chi connectivity index (χ0) is 18.4. The van der Waals surface area contributed by atoms with Crippen molar-refractivity contribution in [2.24, 2.45) is 5.10 Å². The summed E-state index contributed by atoms with van der Waals surface area (Å²) in [5, 5.41) is 4.37. The normalized spacial score (nSPS) is 10.8. The van der Waals surface area contributed by atoms with Crippen molar-refractivity contribution in [1.82, 2.24) is 5.43 Å². The second-order valence-electron chi connectivity index (χ2n) is 5.14. The molecule has 5 nitrogen and oxygen atoms in total. The molecule has 0 radical (unpaired) electrons. The molecular weight excluding hydrogens is 408 g/mol. The molecule has 25 heavy (non-hydrogen) atoms. The first kappa shape index (κ1) is 19.3. The maximum Gasteiger partial charge on any atom is 0.272 e. The number of halogens is 2. The number of carbonyl (C=O) groups is 1. The number of nitrogens with zero attached hydrogens (tertiary/aromatic N) is 1. The molecule has 0 aliphatic rings. The van der Waals surface area contributed by atoms with Gasteiger partial charge in [-0.3, -0.25) is 4.79 Å². The number of hydrazone groups is 1. The van der Waals surface area contributed by atoms with Gasteiger partial charge in [-0.1, -0.05) is 17.7 Å². The van der Waals surface area contributed by atoms with Crippen LogP contribution < -0.4 is 14.9 Å². The lowest BCUT2D eigenvalue weighted by molar-refractivity contribution is 0.0955. The van der Waals surface area contributed by atoms with Gasteiger partial charge in [0.15, 0.2) is 11.5 Å². The van der Waals surface area contributed by atoms with Gasteiger partial charge in [-0.25, -0.2) is 5.43 Å². The van der Waals surface area contributed by atoms with Crippen LogP contribution in [-0.4, -0.2) is 25.8 Å². The van der Waals surface area contributed by atoms with Crippen LogP contribution in [0, 0.1) is 6.92 Å². The van der Waals surface area contributed by atoms with E-state index in [0.29, 0.717) is 28.7 Å². The van der Waals surface area contributed by atoms with E-state index in [9.17, 15) is 4.79 Å². The van der Waals surface area contributed by atoms with Crippen LogP contribution in [0.1, 0.15) is 28.4 Å². The fourth-order valence-corrected chi connectivity index (χ4v) is 2.85. The lowest BCUT2D eigenvalue weighted by Gasteiger charge is -2.11. The van der Waals surface area contributed by atoms with Crippen molar-refractivity contribution in [2.75, 3.05) is 13.7 Å². The lowest BCUT2D eigenvalue weighted by Crippen LogP contribution is -2.18. The van der Waals surface area contributed by atoms with E-state index in [-0.39, 0.29) is 5.91 Å². The molecule has 132 valence electrons. The van der Waals surface area contributed by atoms with E-state index < -0.39 is 0 Å². The van der Waals surface area contributed by atoms with Crippen molar-refractivity contribution in [3.8, 4) is 11.5 Å². The van der Waals surface area contributed by atoms with Crippen LogP contribution in [0.5, 0.6) is 11.5 Å². The molecule has 1 amide bonds. The van der Waals surface area contributed by atoms with Gasteiger partial charge in [-0.2, -0.15) is 5.10 Å². The number of carbonyl (C=O) groups excluding carboxylic acids is 1. The maximum atomic E-state index is 12.1. The van der Waals surface area contributed by atoms with Crippen molar-refractivity contribution in [2.45, 2.75) is 13.8 Å². The van der Waals surface area contributed by atoms with Gasteiger partial charge in [-0.15, -0.1) is 0 Å². The third kappa shape index (κ3) is 4.96. The molecule has 0 spiro atoms. The zero-order valence-electron chi connectivity index (χ0n) is 14.1. The topological polar surface area (TPSA) is 59.9 Å². The molecule has 2 rings (SSSR count). The van der Waals surface area contributed by atoms with Crippen LogP contribution in [0.25, 0.3) is 0 Å². The van der Waals surface area contributed by atoms with Crippen LogP contribution in [0.3, 0.4) is 0 Å². The zero-order valence-corrected chi connectivity index (χ0v) is 16.4. The number of aryl methyl sites for hydroxylation is 1. The number of rotatable bonds is 6. The number of methoxy groups -OCH3 is 1. The standard InChI is InChI=1S/C18H18BrClN2O3/c1-4-25-17-9-14(19)12(8-16(17)24-3)10-21-22-18(23)13-6-5-11(2)7-15(13)20/h5-10H,4H2,1-3H3,(H,22,23)/b21-10-. The highest BCUT2D eigenvalue weighted by Crippen LogP contribution is 2.32. The summed E-state index contributed by atoms with van der Waals surface area (Å²) in [7, 11) is 1.56. The summed E-state index contributed by atoms with van der Waals surface area (Å²) in [6, 6.07) is 8.77. The number of hydrogen-bond acceptors (Lipinski definition) is 4. The van der Waals surface area contributed by atoms with E-state index in [0.717, 1.165) is 15.6 Å². The third-order valence-electron chi connectivity index (χ3n) is 3.32. The van der Waals surface area contributed by atoms with Gasteiger partial charge in [0.25, 0.3) is 5.91 Å². The summed E-state index contributed by atoms with van der Waals surface area (Å²) in [5.41, 5.74) is 4.55. The number of benzene rings is 2. The number of nitrogens with one attached hydrogen (secondary N) is 1. The lowest BCUT2D eigenvalue weighted by atomic mass is 10.1. The molecule has 0 unspecified atom stereocenters. The van der Waals surface area contributed by atoms with Gasteiger partial charge in [0.05, 0.1) is 30.5 Å². The molecule has 0 heterocycles. The molecule has 7 heteroatoms. The van der Waals surface area contributed by atoms with E-state index in [1.165, 1.54) is 6.21 Å². The number of hydrogen-bond donors (Lipinski definition) is 1. The van der Waals surface area contributed by atoms with E-state index in [1.807, 2.05) is 19.9 Å². The SMILES string of the molecule is CCOc1cc(Br)c(/C=N\NC(=O)c2ccc(C)cc2Cl)cc1OC. The molecule has 1 N–H and O–H groups in total. The van der Waals surface area contributed by atoms with Crippen molar-refractivity contribution in [3.05, 3.63) is 56.5 Å². The smallest absolute Gasteiger partial charge is 0.272 e. The van der Waals surface area contributed by atoms with Crippen LogP contribution >= 0.6 is 27.5 Å². The molecule has 0 atom stereocenters. The van der Waals surface area contributed by atoms with Crippen LogP contribution in [0.15, 0.2) is 39.9 Å². The highest BCUT2D eigenvalue weighted by atomic mass is 79.9. The minimum atomic E-state index is -0.379. The second kappa shape index (κ2) is 8.87.